The molecule has 2 atom stereocenters. The highest BCUT2D eigenvalue weighted by atomic mass is 16.5. The van der Waals surface area contributed by atoms with Crippen molar-refractivity contribution < 1.29 is 24.2 Å². The lowest BCUT2D eigenvalue weighted by Gasteiger charge is -2.20. The van der Waals surface area contributed by atoms with Crippen molar-refractivity contribution in [2.45, 2.75) is 12.8 Å². The van der Waals surface area contributed by atoms with E-state index < -0.39 is 11.9 Å². The number of rotatable bonds is 5. The number of carbonyl (C=O) groups is 3. The Kier molecular flexibility index (Phi) is 4.59. The molecule has 2 amide bonds. The van der Waals surface area contributed by atoms with E-state index in [1.807, 2.05) is 0 Å². The van der Waals surface area contributed by atoms with Crippen LogP contribution >= 0.6 is 0 Å². The number of methoxy groups -OCH3 is 1. The molecule has 2 aliphatic rings. The van der Waals surface area contributed by atoms with E-state index in [-0.39, 0.29) is 30.7 Å². The van der Waals surface area contributed by atoms with E-state index in [0.29, 0.717) is 32.7 Å². The monoisotopic (exact) mass is 284 g/mol. The van der Waals surface area contributed by atoms with Crippen LogP contribution in [0.1, 0.15) is 12.8 Å². The molecule has 7 nitrogen and oxygen atoms in total. The quantitative estimate of drug-likeness (QED) is 0.729. The largest absolute Gasteiger partial charge is 0.481 e. The predicted molar refractivity (Wildman–Crippen MR) is 68.9 cm³/mol. The molecule has 1 N–H and O–H groups in total. The molecular weight excluding hydrogens is 264 g/mol. The number of nitrogens with zero attached hydrogens (tertiary/aromatic N) is 2. The second-order valence-electron chi connectivity index (χ2n) is 5.34. The van der Waals surface area contributed by atoms with Crippen LogP contribution in [0.3, 0.4) is 0 Å². The molecule has 0 radical (unpaired) electrons. The van der Waals surface area contributed by atoms with E-state index >= 15 is 0 Å². The van der Waals surface area contributed by atoms with Crippen molar-refractivity contribution in [3.63, 3.8) is 0 Å². The molecule has 0 bridgehead atoms. The lowest BCUT2D eigenvalue weighted by atomic mass is 10.1. The number of carboxylic acid groups (broad SMARTS) is 1. The van der Waals surface area contributed by atoms with Gasteiger partial charge in [-0.2, -0.15) is 0 Å². The average molecular weight is 284 g/mol. The minimum atomic E-state index is -0.857. The van der Waals surface area contributed by atoms with Crippen LogP contribution in [0, 0.1) is 11.8 Å². The number of ether oxygens (including phenoxy) is 1. The first-order valence-corrected chi connectivity index (χ1v) is 6.81. The van der Waals surface area contributed by atoms with Gasteiger partial charge in [0, 0.05) is 39.7 Å². The van der Waals surface area contributed by atoms with Crippen molar-refractivity contribution in [1.29, 1.82) is 0 Å². The molecule has 7 heteroatoms. The summed E-state index contributed by atoms with van der Waals surface area (Å²) < 4.78 is 4.93. The SMILES string of the molecule is COCCN1C[C@@H](C(=O)N2CC[C@H](C(=O)O)C2)CC1=O. The van der Waals surface area contributed by atoms with Crippen molar-refractivity contribution in [2.75, 3.05) is 39.9 Å². The lowest BCUT2D eigenvalue weighted by molar-refractivity contribution is -0.141. The Hall–Kier alpha value is -1.63. The number of hydrogen-bond acceptors (Lipinski definition) is 4. The first-order valence-electron chi connectivity index (χ1n) is 6.81. The zero-order valence-electron chi connectivity index (χ0n) is 11.6. The summed E-state index contributed by atoms with van der Waals surface area (Å²) in [6, 6.07) is 0. The van der Waals surface area contributed by atoms with E-state index in [2.05, 4.69) is 0 Å². The van der Waals surface area contributed by atoms with Crippen LogP contribution in [0.5, 0.6) is 0 Å². The van der Waals surface area contributed by atoms with Gasteiger partial charge in [-0.25, -0.2) is 0 Å². The van der Waals surface area contributed by atoms with Crippen LogP contribution in [0.25, 0.3) is 0 Å². The molecule has 20 heavy (non-hydrogen) atoms. The van der Waals surface area contributed by atoms with Crippen molar-refractivity contribution in [1.82, 2.24) is 9.80 Å². The molecule has 2 rings (SSSR count). The highest BCUT2D eigenvalue weighted by molar-refractivity contribution is 5.89. The highest BCUT2D eigenvalue weighted by Gasteiger charge is 2.39. The fourth-order valence-electron chi connectivity index (χ4n) is 2.78. The van der Waals surface area contributed by atoms with Crippen LogP contribution in [0.15, 0.2) is 0 Å². The van der Waals surface area contributed by atoms with Crippen LogP contribution in [-0.4, -0.2) is 72.6 Å². The number of hydrogen-bond donors (Lipinski definition) is 1. The van der Waals surface area contributed by atoms with Gasteiger partial charge in [0.15, 0.2) is 0 Å². The van der Waals surface area contributed by atoms with E-state index in [9.17, 15) is 14.4 Å². The minimum absolute atomic E-state index is 0.0330. The molecule has 0 saturated carbocycles. The summed E-state index contributed by atoms with van der Waals surface area (Å²) in [7, 11) is 1.57. The van der Waals surface area contributed by atoms with Crippen molar-refractivity contribution >= 4 is 17.8 Å². The van der Waals surface area contributed by atoms with Crippen molar-refractivity contribution in [3.8, 4) is 0 Å². The third-order valence-corrected chi connectivity index (χ3v) is 3.98. The first-order chi connectivity index (χ1) is 9.52. The number of aliphatic carboxylic acids is 1. The first kappa shape index (κ1) is 14.8. The number of carbonyl (C=O) groups excluding carboxylic acids is 2. The highest BCUT2D eigenvalue weighted by Crippen LogP contribution is 2.24. The Morgan fingerprint density at radius 3 is 2.70 bits per heavy atom. The summed E-state index contributed by atoms with van der Waals surface area (Å²) in [5.74, 6) is -1.80. The number of carboxylic acids is 1. The maximum Gasteiger partial charge on any atom is 0.308 e. The van der Waals surface area contributed by atoms with Gasteiger partial charge in [-0.15, -0.1) is 0 Å². The molecular formula is C13H20N2O5. The maximum atomic E-state index is 12.3. The Morgan fingerprint density at radius 2 is 2.10 bits per heavy atom. The van der Waals surface area contributed by atoms with Gasteiger partial charge in [-0.05, 0) is 6.42 Å². The minimum Gasteiger partial charge on any atom is -0.481 e. The molecule has 0 unspecified atom stereocenters. The van der Waals surface area contributed by atoms with Gasteiger partial charge in [0.05, 0.1) is 18.4 Å². The van der Waals surface area contributed by atoms with Gasteiger partial charge >= 0.3 is 5.97 Å². The van der Waals surface area contributed by atoms with E-state index in [1.54, 1.807) is 16.9 Å². The van der Waals surface area contributed by atoms with Gasteiger partial charge in [-0.1, -0.05) is 0 Å². The molecule has 0 aliphatic carbocycles. The summed E-state index contributed by atoms with van der Waals surface area (Å²) >= 11 is 0. The summed E-state index contributed by atoms with van der Waals surface area (Å²) in [5, 5.41) is 8.95. The van der Waals surface area contributed by atoms with Gasteiger partial charge in [-0.3, -0.25) is 14.4 Å². The topological polar surface area (TPSA) is 87.2 Å². The Morgan fingerprint density at radius 1 is 1.35 bits per heavy atom. The fraction of sp³-hybridized carbons (Fsp3) is 0.769. The van der Waals surface area contributed by atoms with Crippen LogP contribution in [0.4, 0.5) is 0 Å². The summed E-state index contributed by atoms with van der Waals surface area (Å²) in [6.07, 6.45) is 0.714. The smallest absolute Gasteiger partial charge is 0.308 e. The molecule has 0 aromatic rings. The van der Waals surface area contributed by atoms with Crippen LogP contribution in [-0.2, 0) is 19.1 Å². The zero-order valence-corrected chi connectivity index (χ0v) is 11.6. The standard InChI is InChI=1S/C13H20N2O5/c1-20-5-4-14-8-10(6-11(14)16)12(17)15-3-2-9(7-15)13(18)19/h9-10H,2-8H2,1H3,(H,18,19)/t9-,10-/m0/s1. The lowest BCUT2D eigenvalue weighted by Crippen LogP contribution is -2.37. The number of amides is 2. The van der Waals surface area contributed by atoms with Crippen LogP contribution < -0.4 is 0 Å². The Labute approximate surface area is 117 Å². The van der Waals surface area contributed by atoms with E-state index in [1.165, 1.54) is 0 Å². The average Bonchev–Trinajstić information content (AvgIpc) is 3.02. The molecule has 2 fully saturated rings. The van der Waals surface area contributed by atoms with Crippen molar-refractivity contribution in [2.24, 2.45) is 11.8 Å². The van der Waals surface area contributed by atoms with Gasteiger partial charge in [0.2, 0.25) is 11.8 Å². The Balaban J connectivity index is 1.88. The van der Waals surface area contributed by atoms with E-state index in [4.69, 9.17) is 9.84 Å². The Bertz CT molecular complexity index is 412. The third-order valence-electron chi connectivity index (χ3n) is 3.98. The number of likely N-dealkylation sites (tertiary alicyclic amines) is 2. The van der Waals surface area contributed by atoms with Crippen molar-refractivity contribution in [3.05, 3.63) is 0 Å². The molecule has 0 aromatic carbocycles. The second kappa shape index (κ2) is 6.21. The third kappa shape index (κ3) is 3.09. The fourth-order valence-corrected chi connectivity index (χ4v) is 2.78. The van der Waals surface area contributed by atoms with Gasteiger partial charge in [0.25, 0.3) is 0 Å². The molecule has 2 heterocycles. The van der Waals surface area contributed by atoms with Gasteiger partial charge < -0.3 is 19.6 Å². The second-order valence-corrected chi connectivity index (χ2v) is 5.34. The molecule has 0 spiro atoms. The predicted octanol–water partition coefficient (Wildman–Crippen LogP) is -0.586. The summed E-state index contributed by atoms with van der Waals surface area (Å²) in [4.78, 5) is 38.2. The molecule has 112 valence electrons. The van der Waals surface area contributed by atoms with Crippen LogP contribution in [0.2, 0.25) is 0 Å². The summed E-state index contributed by atoms with van der Waals surface area (Å²) in [5.41, 5.74) is 0. The normalized spacial score (nSPS) is 26.4. The molecule has 0 aromatic heterocycles. The summed E-state index contributed by atoms with van der Waals surface area (Å²) in [6.45, 7) is 2.10. The molecule has 2 aliphatic heterocycles. The maximum absolute atomic E-state index is 12.3. The zero-order chi connectivity index (χ0) is 14.7. The molecule has 2 saturated heterocycles. The van der Waals surface area contributed by atoms with Gasteiger partial charge in [0.1, 0.15) is 0 Å². The van der Waals surface area contributed by atoms with E-state index in [0.717, 1.165) is 0 Å².